The quantitative estimate of drug-likeness (QED) is 0.512. The van der Waals surface area contributed by atoms with Gasteiger partial charge in [0.25, 0.3) is 10.0 Å². The molecule has 0 N–H and O–H groups in total. The SMILES string of the molecule is [CH2]C[S+]([O-])c1cn(S(=O)(=O)c2ccccc2Br)c2ccc(Br)cc12. The molecule has 1 radical (unpaired) electrons. The predicted octanol–water partition coefficient (Wildman–Crippen LogP) is 4.34. The molecule has 3 aromatic rings. The number of halogens is 2. The summed E-state index contributed by atoms with van der Waals surface area (Å²) < 4.78 is 40.9. The lowest BCUT2D eigenvalue weighted by atomic mass is 10.2. The van der Waals surface area contributed by atoms with Gasteiger partial charge in [-0.1, -0.05) is 28.1 Å². The van der Waals surface area contributed by atoms with Crippen LogP contribution in [0.2, 0.25) is 0 Å². The molecule has 0 aliphatic heterocycles. The van der Waals surface area contributed by atoms with Crippen molar-refractivity contribution >= 4 is 64.0 Å². The molecule has 2 aromatic carbocycles. The van der Waals surface area contributed by atoms with Crippen molar-refractivity contribution in [1.82, 2.24) is 3.97 Å². The largest absolute Gasteiger partial charge is 0.611 e. The van der Waals surface area contributed by atoms with Gasteiger partial charge in [0, 0.05) is 8.95 Å². The van der Waals surface area contributed by atoms with E-state index in [4.69, 9.17) is 0 Å². The summed E-state index contributed by atoms with van der Waals surface area (Å²) in [7, 11) is -3.83. The first-order valence-electron chi connectivity index (χ1n) is 6.84. The van der Waals surface area contributed by atoms with Gasteiger partial charge in [-0.2, -0.15) is 0 Å². The Bertz CT molecular complexity index is 1020. The van der Waals surface area contributed by atoms with Crippen LogP contribution in [-0.4, -0.2) is 22.7 Å². The summed E-state index contributed by atoms with van der Waals surface area (Å²) in [6.07, 6.45) is 1.42. The Morgan fingerprint density at radius 3 is 2.54 bits per heavy atom. The van der Waals surface area contributed by atoms with E-state index in [-0.39, 0.29) is 10.6 Å². The van der Waals surface area contributed by atoms with Gasteiger partial charge in [-0.3, -0.25) is 0 Å². The Labute approximate surface area is 160 Å². The second-order valence-corrected chi connectivity index (χ2v) is 10.0. The molecular formula is C16H12Br2NO3S2. The first-order chi connectivity index (χ1) is 11.4. The van der Waals surface area contributed by atoms with Crippen LogP contribution < -0.4 is 0 Å². The number of hydrogen-bond donors (Lipinski definition) is 0. The molecule has 1 heterocycles. The van der Waals surface area contributed by atoms with Gasteiger partial charge in [0.05, 0.1) is 17.1 Å². The van der Waals surface area contributed by atoms with Crippen molar-refractivity contribution in [2.75, 3.05) is 5.75 Å². The summed E-state index contributed by atoms with van der Waals surface area (Å²) in [5.74, 6) is 0.167. The number of benzene rings is 2. The summed E-state index contributed by atoms with van der Waals surface area (Å²) in [5.41, 5.74) is 0.478. The molecule has 0 aliphatic carbocycles. The molecule has 3 rings (SSSR count). The average molecular weight is 490 g/mol. The van der Waals surface area contributed by atoms with Gasteiger partial charge in [-0.25, -0.2) is 12.4 Å². The Hall–Kier alpha value is -0.800. The molecule has 0 amide bonds. The number of fused-ring (bicyclic) bond motifs is 1. The van der Waals surface area contributed by atoms with Gasteiger partial charge in [-0.05, 0) is 64.4 Å². The monoisotopic (exact) mass is 488 g/mol. The highest BCUT2D eigenvalue weighted by Crippen LogP contribution is 2.33. The summed E-state index contributed by atoms with van der Waals surface area (Å²) in [6, 6.07) is 11.8. The predicted molar refractivity (Wildman–Crippen MR) is 103 cm³/mol. The third-order valence-electron chi connectivity index (χ3n) is 3.50. The first-order valence-corrected chi connectivity index (χ1v) is 11.2. The Kier molecular flexibility index (Phi) is 5.13. The fraction of sp³-hybridized carbons (Fsp3) is 0.0625. The Morgan fingerprint density at radius 1 is 1.17 bits per heavy atom. The molecule has 0 saturated carbocycles. The van der Waals surface area contributed by atoms with E-state index in [1.165, 1.54) is 16.2 Å². The highest BCUT2D eigenvalue weighted by Gasteiger charge is 2.26. The van der Waals surface area contributed by atoms with E-state index in [0.717, 1.165) is 4.47 Å². The lowest BCUT2D eigenvalue weighted by Gasteiger charge is -2.09. The second kappa shape index (κ2) is 6.84. The number of nitrogens with zero attached hydrogens (tertiary/aromatic N) is 1. The highest BCUT2D eigenvalue weighted by atomic mass is 79.9. The molecule has 0 saturated heterocycles. The highest BCUT2D eigenvalue weighted by molar-refractivity contribution is 9.10. The van der Waals surface area contributed by atoms with Gasteiger partial charge < -0.3 is 4.55 Å². The van der Waals surface area contributed by atoms with Gasteiger partial charge >= 0.3 is 0 Å². The smallest absolute Gasteiger partial charge is 0.269 e. The molecular weight excluding hydrogens is 478 g/mol. The van der Waals surface area contributed by atoms with E-state index in [1.54, 1.807) is 36.4 Å². The zero-order valence-electron chi connectivity index (χ0n) is 12.3. The van der Waals surface area contributed by atoms with E-state index in [2.05, 4.69) is 38.8 Å². The molecule has 0 fully saturated rings. The maximum absolute atomic E-state index is 13.1. The summed E-state index contributed by atoms with van der Waals surface area (Å²) >= 11 is 5.28. The van der Waals surface area contributed by atoms with Crippen molar-refractivity contribution in [3.8, 4) is 0 Å². The lowest BCUT2D eigenvalue weighted by molar-refractivity contribution is 0.588. The zero-order chi connectivity index (χ0) is 17.5. The van der Waals surface area contributed by atoms with Crippen LogP contribution in [0.15, 0.2) is 67.4 Å². The molecule has 4 nitrogen and oxygen atoms in total. The average Bonchev–Trinajstić information content (AvgIpc) is 2.93. The van der Waals surface area contributed by atoms with Crippen LogP contribution in [0.4, 0.5) is 0 Å². The third kappa shape index (κ3) is 3.06. The van der Waals surface area contributed by atoms with E-state index in [1.807, 2.05) is 0 Å². The van der Waals surface area contributed by atoms with Crippen LogP contribution in [-0.2, 0) is 21.2 Å². The van der Waals surface area contributed by atoms with Crippen molar-refractivity contribution in [3.05, 3.63) is 64.5 Å². The topological polar surface area (TPSA) is 62.1 Å². The molecule has 0 spiro atoms. The molecule has 125 valence electrons. The molecule has 0 aliphatic rings. The summed E-state index contributed by atoms with van der Waals surface area (Å²) in [5, 5.41) is 0.627. The summed E-state index contributed by atoms with van der Waals surface area (Å²) in [6.45, 7) is 3.66. The fourth-order valence-electron chi connectivity index (χ4n) is 2.39. The zero-order valence-corrected chi connectivity index (χ0v) is 17.1. The molecule has 1 atom stereocenters. The maximum Gasteiger partial charge on any atom is 0.269 e. The van der Waals surface area contributed by atoms with Crippen molar-refractivity contribution in [1.29, 1.82) is 0 Å². The van der Waals surface area contributed by atoms with Crippen LogP contribution in [0.3, 0.4) is 0 Å². The number of rotatable bonds is 4. The fourth-order valence-corrected chi connectivity index (χ4v) is 6.01. The third-order valence-corrected chi connectivity index (χ3v) is 7.87. The Morgan fingerprint density at radius 2 is 1.88 bits per heavy atom. The van der Waals surface area contributed by atoms with Crippen molar-refractivity contribution < 1.29 is 13.0 Å². The summed E-state index contributed by atoms with van der Waals surface area (Å²) in [4.78, 5) is 0.605. The number of aromatic nitrogens is 1. The van der Waals surface area contributed by atoms with Gasteiger partial charge in [-0.15, -0.1) is 0 Å². The lowest BCUT2D eigenvalue weighted by Crippen LogP contribution is -2.12. The molecule has 8 heteroatoms. The van der Waals surface area contributed by atoms with Crippen LogP contribution in [0.5, 0.6) is 0 Å². The molecule has 0 bridgehead atoms. The van der Waals surface area contributed by atoms with Crippen LogP contribution >= 0.6 is 31.9 Å². The molecule has 24 heavy (non-hydrogen) atoms. The molecule has 1 aromatic heterocycles. The Balaban J connectivity index is 2.33. The van der Waals surface area contributed by atoms with Gasteiger partial charge in [0.1, 0.15) is 10.6 Å². The normalized spacial score (nSPS) is 13.3. The minimum atomic E-state index is -3.83. The van der Waals surface area contributed by atoms with Gasteiger partial charge in [0.2, 0.25) is 0 Å². The van der Waals surface area contributed by atoms with Gasteiger partial charge in [0.15, 0.2) is 4.90 Å². The van der Waals surface area contributed by atoms with E-state index < -0.39 is 21.2 Å². The van der Waals surface area contributed by atoms with E-state index >= 15 is 0 Å². The molecule has 1 unspecified atom stereocenters. The van der Waals surface area contributed by atoms with Crippen LogP contribution in [0.25, 0.3) is 10.9 Å². The van der Waals surface area contributed by atoms with Crippen LogP contribution in [0, 0.1) is 6.92 Å². The second-order valence-electron chi connectivity index (χ2n) is 4.94. The maximum atomic E-state index is 13.1. The van der Waals surface area contributed by atoms with Crippen molar-refractivity contribution in [2.24, 2.45) is 0 Å². The minimum Gasteiger partial charge on any atom is -0.611 e. The standard InChI is InChI=1S/C16H12Br2NO3S2/c1-2-23(20)15-10-19(14-8-7-11(17)9-12(14)15)24(21,22)16-6-4-3-5-13(16)18/h3-10H,1-2H2. The first kappa shape index (κ1) is 18.0. The van der Waals surface area contributed by atoms with Crippen LogP contribution in [0.1, 0.15) is 0 Å². The van der Waals surface area contributed by atoms with Crippen molar-refractivity contribution in [2.45, 2.75) is 9.79 Å². The van der Waals surface area contributed by atoms with E-state index in [0.29, 0.717) is 20.3 Å². The minimum absolute atomic E-state index is 0.150. The van der Waals surface area contributed by atoms with E-state index in [9.17, 15) is 13.0 Å². The van der Waals surface area contributed by atoms with Crippen molar-refractivity contribution in [3.63, 3.8) is 0 Å². The number of hydrogen-bond acceptors (Lipinski definition) is 3.